The average molecular weight is 685 g/mol. The van der Waals surface area contributed by atoms with Crippen molar-refractivity contribution in [2.24, 2.45) is 34.5 Å². The third-order valence-electron chi connectivity index (χ3n) is 11.1. The lowest BCUT2D eigenvalue weighted by Crippen LogP contribution is -2.58. The van der Waals surface area contributed by atoms with Crippen molar-refractivity contribution in [3.63, 3.8) is 0 Å². The summed E-state index contributed by atoms with van der Waals surface area (Å²) in [5.41, 5.74) is -1.59. The van der Waals surface area contributed by atoms with Gasteiger partial charge in [0.05, 0.1) is 0 Å². The molecule has 0 aromatic heterocycles. The van der Waals surface area contributed by atoms with Crippen LogP contribution in [0.4, 0.5) is 61.5 Å². The smallest absolute Gasteiger partial charge is 0.458 e. The summed E-state index contributed by atoms with van der Waals surface area (Å²) in [7, 11) is 0. The van der Waals surface area contributed by atoms with Gasteiger partial charge in [0.25, 0.3) is 0 Å². The number of esters is 2. The van der Waals surface area contributed by atoms with E-state index in [-0.39, 0.29) is 62.2 Å². The minimum Gasteiger partial charge on any atom is -0.458 e. The quantitative estimate of drug-likeness (QED) is 0.208. The summed E-state index contributed by atoms with van der Waals surface area (Å²) in [6.07, 6.45) is -14.6. The van der Waals surface area contributed by atoms with E-state index in [1.807, 2.05) is 6.92 Å². The maximum absolute atomic E-state index is 14.0. The van der Waals surface area contributed by atoms with Gasteiger partial charge in [-0.2, -0.15) is 61.5 Å². The van der Waals surface area contributed by atoms with E-state index in [0.29, 0.717) is 19.3 Å². The maximum atomic E-state index is 14.0. The highest BCUT2D eigenvalue weighted by Crippen LogP contribution is 2.67. The Morgan fingerprint density at radius 2 is 1.04 bits per heavy atom. The fourth-order valence-corrected chi connectivity index (χ4v) is 8.51. The van der Waals surface area contributed by atoms with Gasteiger partial charge in [-0.15, -0.1) is 0 Å². The molecule has 4 aliphatic rings. The summed E-state index contributed by atoms with van der Waals surface area (Å²) < 4.78 is 193. The number of carbonyl (C=O) groups is 2. The molecule has 4 nitrogen and oxygen atoms in total. The first kappa shape index (κ1) is 35.8. The summed E-state index contributed by atoms with van der Waals surface area (Å²) in [6.45, 7) is 3.45. The fourth-order valence-electron chi connectivity index (χ4n) is 8.51. The summed E-state index contributed by atoms with van der Waals surface area (Å²) in [4.78, 5) is 23.8. The summed E-state index contributed by atoms with van der Waals surface area (Å²) in [5, 5.41) is 0. The van der Waals surface area contributed by atoms with Crippen LogP contribution in [-0.4, -0.2) is 60.2 Å². The molecule has 3 unspecified atom stereocenters. The first-order valence-corrected chi connectivity index (χ1v) is 14.2. The van der Waals surface area contributed by atoms with Gasteiger partial charge in [0, 0.05) is 5.41 Å². The van der Waals surface area contributed by atoms with Crippen LogP contribution >= 0.6 is 0 Å². The van der Waals surface area contributed by atoms with Gasteiger partial charge in [-0.05, 0) is 86.9 Å². The summed E-state index contributed by atoms with van der Waals surface area (Å²) in [5.74, 6) is -32.5. The molecular weight excluding hydrogens is 654 g/mol. The van der Waals surface area contributed by atoms with Crippen molar-refractivity contribution in [3.8, 4) is 0 Å². The Bertz CT molecular complexity index is 1170. The number of ether oxygens (including phenoxy) is 2. The highest BCUT2D eigenvalue weighted by atomic mass is 19.4. The Balaban J connectivity index is 1.44. The van der Waals surface area contributed by atoms with Gasteiger partial charge in [0.1, 0.15) is 12.2 Å². The molecule has 0 aromatic rings. The molecular formula is C27H30F14O4. The van der Waals surface area contributed by atoms with Crippen LogP contribution in [0.1, 0.15) is 71.6 Å². The standard InChI is InChI=1S/C27H30F14O4/c1-20-9-7-13(44-18(42)22(28,29)24(32,33)26(36,37)38)11-12(20)3-4-14-15-5-6-17(21(15,2)10-8-16(14)20)45-19(43)23(30,31)25(34,35)27(39,40)41/h12-17H,3-11H2,1-2H3/t12-,13+,14?,15?,16?,17-,20-,21-/m0/s1. The normalized spacial score (nSPS) is 36.4. The van der Waals surface area contributed by atoms with E-state index < -0.39 is 71.0 Å². The molecule has 4 saturated carbocycles. The number of carbonyl (C=O) groups excluding carboxylic acids is 2. The number of hydrogen-bond acceptors (Lipinski definition) is 4. The van der Waals surface area contributed by atoms with Crippen molar-refractivity contribution in [2.45, 2.75) is 120 Å². The Labute approximate surface area is 247 Å². The van der Waals surface area contributed by atoms with Gasteiger partial charge in [-0.1, -0.05) is 13.8 Å². The highest BCUT2D eigenvalue weighted by molar-refractivity contribution is 5.80. The SMILES string of the molecule is C[C@]12CCC3C(CC[C@H]4C[C@H](OC(=O)C(F)(F)C(F)(F)C(F)(F)F)CC[C@]34C)C1CC[C@@H]2OC(=O)C(F)(F)C(F)(F)C(F)(F)F. The van der Waals surface area contributed by atoms with Crippen molar-refractivity contribution in [2.75, 3.05) is 0 Å². The zero-order chi connectivity index (χ0) is 34.4. The molecule has 4 fully saturated rings. The van der Waals surface area contributed by atoms with E-state index in [1.54, 1.807) is 6.92 Å². The summed E-state index contributed by atoms with van der Waals surface area (Å²) in [6, 6.07) is 0. The van der Waals surface area contributed by atoms with Crippen LogP contribution in [0.5, 0.6) is 0 Å². The van der Waals surface area contributed by atoms with E-state index in [4.69, 9.17) is 0 Å². The molecule has 45 heavy (non-hydrogen) atoms. The van der Waals surface area contributed by atoms with Gasteiger partial charge < -0.3 is 9.47 Å². The molecule has 0 spiro atoms. The van der Waals surface area contributed by atoms with E-state index in [0.717, 1.165) is 0 Å². The minimum atomic E-state index is -6.71. The van der Waals surface area contributed by atoms with Crippen molar-refractivity contribution in [1.82, 2.24) is 0 Å². The fraction of sp³-hybridized carbons (Fsp3) is 0.926. The van der Waals surface area contributed by atoms with Crippen LogP contribution in [0.2, 0.25) is 0 Å². The second kappa shape index (κ2) is 10.7. The molecule has 18 heteroatoms. The lowest BCUT2D eigenvalue weighted by Gasteiger charge is -2.60. The topological polar surface area (TPSA) is 52.6 Å². The Kier molecular flexibility index (Phi) is 8.55. The molecule has 4 aliphatic carbocycles. The molecule has 260 valence electrons. The van der Waals surface area contributed by atoms with Gasteiger partial charge in [-0.3, -0.25) is 0 Å². The average Bonchev–Trinajstić information content (AvgIpc) is 3.23. The van der Waals surface area contributed by atoms with E-state index >= 15 is 0 Å². The van der Waals surface area contributed by atoms with E-state index in [1.165, 1.54) is 0 Å². The number of rotatable bonds is 6. The molecule has 0 saturated heterocycles. The van der Waals surface area contributed by atoms with E-state index in [2.05, 4.69) is 9.47 Å². The molecule has 0 aromatic carbocycles. The lowest BCUT2D eigenvalue weighted by atomic mass is 9.45. The molecule has 0 aliphatic heterocycles. The van der Waals surface area contributed by atoms with Gasteiger partial charge in [0.15, 0.2) is 0 Å². The number of fused-ring (bicyclic) bond motifs is 5. The largest absolute Gasteiger partial charge is 0.460 e. The predicted molar refractivity (Wildman–Crippen MR) is 123 cm³/mol. The zero-order valence-corrected chi connectivity index (χ0v) is 23.8. The first-order chi connectivity index (χ1) is 20.2. The second-order valence-electron chi connectivity index (χ2n) is 13.3. The minimum absolute atomic E-state index is 0.0707. The second-order valence-corrected chi connectivity index (χ2v) is 13.3. The maximum Gasteiger partial charge on any atom is 0.460 e. The van der Waals surface area contributed by atoms with Crippen molar-refractivity contribution < 1.29 is 80.5 Å². The third-order valence-corrected chi connectivity index (χ3v) is 11.1. The highest BCUT2D eigenvalue weighted by Gasteiger charge is 2.78. The molecule has 4 rings (SSSR count). The van der Waals surface area contributed by atoms with Crippen molar-refractivity contribution >= 4 is 11.9 Å². The first-order valence-electron chi connectivity index (χ1n) is 14.2. The van der Waals surface area contributed by atoms with Crippen LogP contribution in [0.3, 0.4) is 0 Å². The lowest BCUT2D eigenvalue weighted by molar-refractivity contribution is -0.349. The molecule has 0 bridgehead atoms. The van der Waals surface area contributed by atoms with Crippen LogP contribution < -0.4 is 0 Å². The summed E-state index contributed by atoms with van der Waals surface area (Å²) >= 11 is 0. The molecule has 8 atom stereocenters. The van der Waals surface area contributed by atoms with Crippen molar-refractivity contribution in [3.05, 3.63) is 0 Å². The van der Waals surface area contributed by atoms with E-state index in [9.17, 15) is 71.1 Å². The number of halogens is 14. The van der Waals surface area contributed by atoms with Crippen LogP contribution in [0, 0.1) is 34.5 Å². The Morgan fingerprint density at radius 3 is 1.56 bits per heavy atom. The molecule has 0 N–H and O–H groups in total. The molecule has 0 amide bonds. The molecule has 0 heterocycles. The monoisotopic (exact) mass is 684 g/mol. The van der Waals surface area contributed by atoms with Crippen molar-refractivity contribution in [1.29, 1.82) is 0 Å². The number of hydrogen-bond donors (Lipinski definition) is 0. The van der Waals surface area contributed by atoms with Gasteiger partial charge in [0.2, 0.25) is 0 Å². The van der Waals surface area contributed by atoms with Crippen LogP contribution in [-0.2, 0) is 19.1 Å². The van der Waals surface area contributed by atoms with Crippen LogP contribution in [0.25, 0.3) is 0 Å². The van der Waals surface area contributed by atoms with Gasteiger partial charge >= 0.3 is 48.0 Å². The van der Waals surface area contributed by atoms with Gasteiger partial charge in [-0.25, -0.2) is 9.59 Å². The van der Waals surface area contributed by atoms with Crippen LogP contribution in [0.15, 0.2) is 0 Å². The zero-order valence-electron chi connectivity index (χ0n) is 23.8. The third kappa shape index (κ3) is 5.35. The Hall–Kier alpha value is -2.04. The Morgan fingerprint density at radius 1 is 0.578 bits per heavy atom. The number of alkyl halides is 14. The predicted octanol–water partition coefficient (Wildman–Crippen LogP) is 8.52. The molecule has 0 radical (unpaired) electrons.